The second-order valence-electron chi connectivity index (χ2n) is 4.35. The molecule has 1 atom stereocenters. The summed E-state index contributed by atoms with van der Waals surface area (Å²) in [5.74, 6) is 0.825. The van der Waals surface area contributed by atoms with E-state index < -0.39 is 0 Å². The number of ether oxygens (including phenoxy) is 1. The maximum absolute atomic E-state index is 12.0. The van der Waals surface area contributed by atoms with Crippen LogP contribution in [0.4, 0.5) is 0 Å². The molecule has 0 saturated carbocycles. The van der Waals surface area contributed by atoms with Crippen molar-refractivity contribution in [3.8, 4) is 5.75 Å². The molecule has 0 fully saturated rings. The standard InChI is InChI=1S/C15H13NO2/c17-13-7-8-14(11-4-3-9-16-10-11)18-15-6-2-1-5-12(13)15/h1-6,9-10,14H,7-8H2. The predicted molar refractivity (Wildman–Crippen MR) is 67.6 cm³/mol. The van der Waals surface area contributed by atoms with E-state index >= 15 is 0 Å². The van der Waals surface area contributed by atoms with Gasteiger partial charge in [-0.25, -0.2) is 0 Å². The number of Topliss-reactive ketones (excluding diaryl/α,β-unsaturated/α-hetero) is 1. The van der Waals surface area contributed by atoms with Gasteiger partial charge in [0.25, 0.3) is 0 Å². The summed E-state index contributed by atoms with van der Waals surface area (Å²) >= 11 is 0. The van der Waals surface area contributed by atoms with Crippen LogP contribution in [0.25, 0.3) is 0 Å². The van der Waals surface area contributed by atoms with Crippen LogP contribution in [-0.2, 0) is 0 Å². The number of para-hydroxylation sites is 1. The Labute approximate surface area is 105 Å². The monoisotopic (exact) mass is 239 g/mol. The molecule has 1 aromatic carbocycles. The van der Waals surface area contributed by atoms with Crippen LogP contribution in [0.2, 0.25) is 0 Å². The molecule has 2 aromatic rings. The fraction of sp³-hybridized carbons (Fsp3) is 0.200. The van der Waals surface area contributed by atoms with Crippen molar-refractivity contribution >= 4 is 5.78 Å². The number of carbonyl (C=O) groups is 1. The topological polar surface area (TPSA) is 39.2 Å². The zero-order chi connectivity index (χ0) is 12.4. The molecule has 1 aliphatic rings. The minimum Gasteiger partial charge on any atom is -0.485 e. The van der Waals surface area contributed by atoms with E-state index in [9.17, 15) is 4.79 Å². The van der Waals surface area contributed by atoms with E-state index in [1.807, 2.05) is 36.4 Å². The third-order valence-electron chi connectivity index (χ3n) is 3.15. The molecule has 0 radical (unpaired) electrons. The number of rotatable bonds is 1. The molecule has 0 N–H and O–H groups in total. The molecular weight excluding hydrogens is 226 g/mol. The summed E-state index contributed by atoms with van der Waals surface area (Å²) < 4.78 is 5.95. The van der Waals surface area contributed by atoms with E-state index in [0.717, 1.165) is 5.56 Å². The lowest BCUT2D eigenvalue weighted by atomic mass is 10.0. The Hall–Kier alpha value is -2.16. The van der Waals surface area contributed by atoms with Crippen molar-refractivity contribution in [1.82, 2.24) is 4.98 Å². The molecule has 0 spiro atoms. The summed E-state index contributed by atoms with van der Waals surface area (Å²) in [6.45, 7) is 0. The number of carbonyl (C=O) groups excluding carboxylic acids is 1. The Kier molecular flexibility index (Phi) is 2.81. The third kappa shape index (κ3) is 1.99. The van der Waals surface area contributed by atoms with Gasteiger partial charge in [0.1, 0.15) is 11.9 Å². The SMILES string of the molecule is O=C1CCC(c2cccnc2)Oc2ccccc21. The van der Waals surface area contributed by atoms with Gasteiger partial charge in [0.2, 0.25) is 0 Å². The van der Waals surface area contributed by atoms with Crippen molar-refractivity contribution in [2.24, 2.45) is 0 Å². The van der Waals surface area contributed by atoms with Gasteiger partial charge in [-0.05, 0) is 24.6 Å². The van der Waals surface area contributed by atoms with Crippen molar-refractivity contribution in [1.29, 1.82) is 0 Å². The maximum Gasteiger partial charge on any atom is 0.166 e. The minimum atomic E-state index is -0.0914. The van der Waals surface area contributed by atoms with Crippen LogP contribution in [0.15, 0.2) is 48.8 Å². The van der Waals surface area contributed by atoms with Crippen molar-refractivity contribution in [3.05, 3.63) is 59.9 Å². The molecule has 0 amide bonds. The number of aromatic nitrogens is 1. The van der Waals surface area contributed by atoms with E-state index in [-0.39, 0.29) is 11.9 Å². The first-order valence-corrected chi connectivity index (χ1v) is 6.03. The molecule has 0 saturated heterocycles. The highest BCUT2D eigenvalue weighted by molar-refractivity contribution is 5.98. The number of nitrogens with zero attached hydrogens (tertiary/aromatic N) is 1. The molecule has 0 bridgehead atoms. The third-order valence-corrected chi connectivity index (χ3v) is 3.15. The molecule has 1 aromatic heterocycles. The Bertz CT molecular complexity index is 566. The Morgan fingerprint density at radius 3 is 2.89 bits per heavy atom. The van der Waals surface area contributed by atoms with Gasteiger partial charge in [0.05, 0.1) is 5.56 Å². The van der Waals surface area contributed by atoms with Crippen LogP contribution in [0.3, 0.4) is 0 Å². The number of fused-ring (bicyclic) bond motifs is 1. The Morgan fingerprint density at radius 2 is 2.06 bits per heavy atom. The smallest absolute Gasteiger partial charge is 0.166 e. The van der Waals surface area contributed by atoms with Crippen molar-refractivity contribution in [2.75, 3.05) is 0 Å². The molecule has 1 unspecified atom stereocenters. The van der Waals surface area contributed by atoms with Gasteiger partial charge in [-0.3, -0.25) is 9.78 Å². The molecule has 0 aliphatic carbocycles. The average molecular weight is 239 g/mol. The lowest BCUT2D eigenvalue weighted by Crippen LogP contribution is -2.06. The number of benzene rings is 1. The molecule has 1 aliphatic heterocycles. The van der Waals surface area contributed by atoms with Crippen LogP contribution in [-0.4, -0.2) is 10.8 Å². The van der Waals surface area contributed by atoms with Gasteiger partial charge in [0, 0.05) is 24.4 Å². The quantitative estimate of drug-likeness (QED) is 0.767. The van der Waals surface area contributed by atoms with E-state index in [1.165, 1.54) is 0 Å². The van der Waals surface area contributed by atoms with Gasteiger partial charge in [0.15, 0.2) is 5.78 Å². The summed E-state index contributed by atoms with van der Waals surface area (Å²) in [6, 6.07) is 11.3. The van der Waals surface area contributed by atoms with Crippen LogP contribution in [0.1, 0.15) is 34.9 Å². The van der Waals surface area contributed by atoms with Gasteiger partial charge in [-0.1, -0.05) is 18.2 Å². The molecule has 3 rings (SSSR count). The van der Waals surface area contributed by atoms with Crippen LogP contribution >= 0.6 is 0 Å². The highest BCUT2D eigenvalue weighted by atomic mass is 16.5. The zero-order valence-corrected chi connectivity index (χ0v) is 9.87. The summed E-state index contributed by atoms with van der Waals surface area (Å²) in [6.07, 6.45) is 4.64. The Morgan fingerprint density at radius 1 is 1.17 bits per heavy atom. The van der Waals surface area contributed by atoms with Gasteiger partial charge >= 0.3 is 0 Å². The maximum atomic E-state index is 12.0. The molecule has 2 heterocycles. The summed E-state index contributed by atoms with van der Waals surface area (Å²) in [7, 11) is 0. The first-order valence-electron chi connectivity index (χ1n) is 6.03. The van der Waals surface area contributed by atoms with Gasteiger partial charge < -0.3 is 4.74 Å². The number of pyridine rings is 1. The van der Waals surface area contributed by atoms with Crippen molar-refractivity contribution in [3.63, 3.8) is 0 Å². The van der Waals surface area contributed by atoms with E-state index in [1.54, 1.807) is 12.4 Å². The van der Waals surface area contributed by atoms with E-state index in [4.69, 9.17) is 4.74 Å². The summed E-state index contributed by atoms with van der Waals surface area (Å²) in [5, 5.41) is 0. The van der Waals surface area contributed by atoms with Crippen molar-refractivity contribution < 1.29 is 9.53 Å². The molecular formula is C15H13NO2. The predicted octanol–water partition coefficient (Wildman–Crippen LogP) is 3.18. The Balaban J connectivity index is 1.97. The number of ketones is 1. The molecule has 90 valence electrons. The molecule has 3 nitrogen and oxygen atoms in total. The second-order valence-corrected chi connectivity index (χ2v) is 4.35. The van der Waals surface area contributed by atoms with Gasteiger partial charge in [-0.15, -0.1) is 0 Å². The lowest BCUT2D eigenvalue weighted by molar-refractivity contribution is 0.0977. The fourth-order valence-electron chi connectivity index (χ4n) is 2.21. The van der Waals surface area contributed by atoms with Crippen molar-refractivity contribution in [2.45, 2.75) is 18.9 Å². The van der Waals surface area contributed by atoms with Crippen LogP contribution in [0.5, 0.6) is 5.75 Å². The average Bonchev–Trinajstić information content (AvgIpc) is 2.60. The van der Waals surface area contributed by atoms with Gasteiger partial charge in [-0.2, -0.15) is 0 Å². The number of hydrogen-bond donors (Lipinski definition) is 0. The zero-order valence-electron chi connectivity index (χ0n) is 9.87. The first-order chi connectivity index (χ1) is 8.84. The van der Waals surface area contributed by atoms with E-state index in [2.05, 4.69) is 4.98 Å². The fourth-order valence-corrected chi connectivity index (χ4v) is 2.21. The second kappa shape index (κ2) is 4.61. The molecule has 18 heavy (non-hydrogen) atoms. The largest absolute Gasteiger partial charge is 0.485 e. The lowest BCUT2D eigenvalue weighted by Gasteiger charge is -2.16. The number of hydrogen-bond acceptors (Lipinski definition) is 3. The van der Waals surface area contributed by atoms with E-state index in [0.29, 0.717) is 24.2 Å². The summed E-state index contributed by atoms with van der Waals surface area (Å²) in [4.78, 5) is 16.1. The summed E-state index contributed by atoms with van der Waals surface area (Å²) in [5.41, 5.74) is 1.70. The highest BCUT2D eigenvalue weighted by Crippen LogP contribution is 2.32. The normalized spacial score (nSPS) is 18.7. The van der Waals surface area contributed by atoms with Crippen LogP contribution < -0.4 is 4.74 Å². The minimum absolute atomic E-state index is 0.0914. The highest BCUT2D eigenvalue weighted by Gasteiger charge is 2.23. The first kappa shape index (κ1) is 11.0. The van der Waals surface area contributed by atoms with Crippen LogP contribution in [0, 0.1) is 0 Å². The molecule has 3 heteroatoms.